The van der Waals surface area contributed by atoms with Gasteiger partial charge in [-0.05, 0) is 63.8 Å². The molecular formula is C32H50N3O5+. The van der Waals surface area contributed by atoms with Crippen LogP contribution in [-0.4, -0.2) is 71.3 Å². The topological polar surface area (TPSA) is 133 Å². The molecule has 8 nitrogen and oxygen atoms in total. The highest BCUT2D eigenvalue weighted by atomic mass is 16.5. The maximum atomic E-state index is 10.3. The lowest BCUT2D eigenvalue weighted by atomic mass is 9.95. The van der Waals surface area contributed by atoms with Crippen LogP contribution in [0.25, 0.3) is 0 Å². The van der Waals surface area contributed by atoms with Crippen molar-refractivity contribution in [2.75, 3.05) is 32.8 Å². The molecule has 2 heterocycles. The Hall–Kier alpha value is -2.49. The van der Waals surface area contributed by atoms with Crippen molar-refractivity contribution in [3.05, 3.63) is 59.2 Å². The number of ether oxygens (including phenoxy) is 2. The van der Waals surface area contributed by atoms with Crippen molar-refractivity contribution in [2.45, 2.75) is 83.8 Å². The lowest BCUT2D eigenvalue weighted by molar-refractivity contribution is -0.0552. The van der Waals surface area contributed by atoms with Crippen molar-refractivity contribution < 1.29 is 24.8 Å². The predicted molar refractivity (Wildman–Crippen MR) is 161 cm³/mol. The normalized spacial score (nSPS) is 18.3. The van der Waals surface area contributed by atoms with Crippen LogP contribution in [0.1, 0.15) is 70.8 Å². The summed E-state index contributed by atoms with van der Waals surface area (Å²) in [4.78, 5) is 4.52. The highest BCUT2D eigenvalue weighted by Gasteiger charge is 2.27. The van der Waals surface area contributed by atoms with E-state index in [2.05, 4.69) is 29.4 Å². The van der Waals surface area contributed by atoms with Gasteiger partial charge in [0.05, 0.1) is 24.5 Å². The average molecular weight is 557 g/mol. The molecule has 0 aliphatic carbocycles. The Kier molecular flexibility index (Phi) is 13.9. The fourth-order valence-corrected chi connectivity index (χ4v) is 5.01. The molecule has 2 aliphatic rings. The van der Waals surface area contributed by atoms with E-state index in [0.717, 1.165) is 74.0 Å². The summed E-state index contributed by atoms with van der Waals surface area (Å²) in [5.74, 6) is 2.07. The minimum absolute atomic E-state index is 0.0561. The molecule has 0 radical (unpaired) electrons. The quantitative estimate of drug-likeness (QED) is 0.0940. The molecule has 3 rings (SSSR count). The zero-order chi connectivity index (χ0) is 28.7. The molecule has 0 fully saturated rings. The number of aryl methyl sites for hydroxylation is 1. The van der Waals surface area contributed by atoms with Gasteiger partial charge >= 0.3 is 0 Å². The Labute approximate surface area is 240 Å². The van der Waals surface area contributed by atoms with Gasteiger partial charge in [0.1, 0.15) is 30.9 Å². The number of allylic oxidation sites excluding steroid dienone is 1. The van der Waals surface area contributed by atoms with Gasteiger partial charge in [-0.1, -0.05) is 25.3 Å². The Balaban J connectivity index is 1.40. The molecule has 222 valence electrons. The fourth-order valence-electron chi connectivity index (χ4n) is 5.01. The van der Waals surface area contributed by atoms with E-state index < -0.39 is 0 Å². The third-order valence-corrected chi connectivity index (χ3v) is 7.45. The van der Waals surface area contributed by atoms with Gasteiger partial charge in [0.2, 0.25) is 0 Å². The lowest BCUT2D eigenvalue weighted by Gasteiger charge is -2.19. The van der Waals surface area contributed by atoms with Gasteiger partial charge in [0.25, 0.3) is 0 Å². The number of aliphatic imine (C=N–C) groups is 1. The van der Waals surface area contributed by atoms with Gasteiger partial charge in [0.15, 0.2) is 17.2 Å². The number of phenols is 1. The summed E-state index contributed by atoms with van der Waals surface area (Å²) in [6, 6.07) is 5.51. The summed E-state index contributed by atoms with van der Waals surface area (Å²) in [5, 5.41) is 32.8. The molecule has 0 saturated heterocycles. The van der Waals surface area contributed by atoms with E-state index in [4.69, 9.17) is 15.2 Å². The van der Waals surface area contributed by atoms with Crippen molar-refractivity contribution in [2.24, 2.45) is 16.6 Å². The molecule has 8 heteroatoms. The molecule has 3 unspecified atom stereocenters. The second-order valence-corrected chi connectivity index (χ2v) is 11.1. The largest absolute Gasteiger partial charge is 0.504 e. The highest BCUT2D eigenvalue weighted by molar-refractivity contribution is 5.82. The van der Waals surface area contributed by atoms with Crippen LogP contribution in [0.4, 0.5) is 0 Å². The SMILES string of the molecule is CC(O)CNCC(C)[C+]1C=NC(CCOc2cc(CC[C-]3C=C(CO)C(CCCCCCCN)[OH+]3)ccc2O)=C1. The minimum atomic E-state index is -0.357. The Morgan fingerprint density at radius 3 is 2.73 bits per heavy atom. The molecule has 0 spiro atoms. The van der Waals surface area contributed by atoms with Gasteiger partial charge < -0.3 is 35.8 Å². The van der Waals surface area contributed by atoms with Crippen LogP contribution in [0.2, 0.25) is 0 Å². The zero-order valence-electron chi connectivity index (χ0n) is 24.3. The summed E-state index contributed by atoms with van der Waals surface area (Å²) in [7, 11) is 0. The number of aliphatic hydroxyl groups is 4. The van der Waals surface area contributed by atoms with Crippen LogP contribution in [0.3, 0.4) is 0 Å². The fraction of sp³-hybridized carbons (Fsp3) is 0.594. The van der Waals surface area contributed by atoms with Crippen molar-refractivity contribution in [3.63, 3.8) is 0 Å². The van der Waals surface area contributed by atoms with Gasteiger partial charge in [-0.15, -0.1) is 16.6 Å². The third kappa shape index (κ3) is 10.8. The first kappa shape index (κ1) is 32.0. The van der Waals surface area contributed by atoms with E-state index in [0.29, 0.717) is 31.2 Å². The summed E-state index contributed by atoms with van der Waals surface area (Å²) >= 11 is 0. The van der Waals surface area contributed by atoms with E-state index in [1.807, 2.05) is 18.3 Å². The molecule has 3 atom stereocenters. The first-order valence-corrected chi connectivity index (χ1v) is 14.9. The Bertz CT molecular complexity index is 977. The van der Waals surface area contributed by atoms with Crippen LogP contribution in [0.5, 0.6) is 11.5 Å². The van der Waals surface area contributed by atoms with Crippen molar-refractivity contribution in [3.8, 4) is 11.5 Å². The number of nitrogens with zero attached hydrogens (tertiary/aromatic N) is 1. The lowest BCUT2D eigenvalue weighted by Crippen LogP contribution is -2.30. The molecule has 40 heavy (non-hydrogen) atoms. The van der Waals surface area contributed by atoms with Crippen LogP contribution in [0.15, 0.2) is 46.6 Å². The number of benzene rings is 1. The number of aliphatic hydroxyl groups excluding tert-OH is 2. The zero-order valence-corrected chi connectivity index (χ0v) is 24.3. The second kappa shape index (κ2) is 17.4. The average Bonchev–Trinajstić information content (AvgIpc) is 3.57. The van der Waals surface area contributed by atoms with E-state index in [1.165, 1.54) is 19.3 Å². The molecular weight excluding hydrogens is 506 g/mol. The number of nitrogens with two attached hydrogens (primary N) is 1. The summed E-state index contributed by atoms with van der Waals surface area (Å²) in [6.45, 7) is 6.51. The number of phenolic OH excluding ortho intramolecular Hbond substituents is 1. The third-order valence-electron chi connectivity index (χ3n) is 7.45. The van der Waals surface area contributed by atoms with Crippen LogP contribution < -0.4 is 15.8 Å². The molecule has 7 N–H and O–H groups in total. The molecule has 2 aliphatic heterocycles. The Morgan fingerprint density at radius 2 is 1.95 bits per heavy atom. The molecule has 1 aromatic rings. The first-order valence-electron chi connectivity index (χ1n) is 14.9. The van der Waals surface area contributed by atoms with Gasteiger partial charge in [-0.2, -0.15) is 0 Å². The van der Waals surface area contributed by atoms with Crippen molar-refractivity contribution >= 4 is 6.21 Å². The number of hydrogen-bond donors (Lipinski definition) is 5. The molecule has 0 saturated carbocycles. The van der Waals surface area contributed by atoms with Crippen LogP contribution >= 0.6 is 0 Å². The molecule has 0 amide bonds. The number of rotatable bonds is 20. The summed E-state index contributed by atoms with van der Waals surface area (Å²) in [5.41, 5.74) is 8.62. The number of nitrogens with one attached hydrogen (secondary N) is 1. The number of unbranched alkanes of at least 4 members (excludes halogenated alkanes) is 4. The monoisotopic (exact) mass is 556 g/mol. The van der Waals surface area contributed by atoms with Crippen molar-refractivity contribution in [1.29, 1.82) is 0 Å². The van der Waals surface area contributed by atoms with Gasteiger partial charge in [-0.25, -0.2) is 0 Å². The van der Waals surface area contributed by atoms with Gasteiger partial charge in [0, 0.05) is 26.1 Å². The Morgan fingerprint density at radius 1 is 1.15 bits per heavy atom. The standard InChI is InChI=1S/C32H49N3O5/c1-23(19-34-20-24(2)37)26-17-28(35-21-26)13-15-39-32-16-25(10-12-30(32)38)9-11-29-18-27(22-36)31(40-29)8-6-4-3-5-7-14-33/h10,12,16-18,21,23-24,31,34,36-37,40H,3-9,11,13-15,19-20,22,33H2,1-2H3/p+1. The van der Waals surface area contributed by atoms with E-state index >= 15 is 0 Å². The molecule has 1 aromatic carbocycles. The molecule has 0 aromatic heterocycles. The molecule has 0 bridgehead atoms. The second-order valence-electron chi connectivity index (χ2n) is 11.1. The maximum Gasteiger partial charge on any atom is 0.178 e. The van der Waals surface area contributed by atoms with Gasteiger partial charge in [-0.3, -0.25) is 0 Å². The summed E-state index contributed by atoms with van der Waals surface area (Å²) < 4.78 is 10.8. The van der Waals surface area contributed by atoms with E-state index in [1.54, 1.807) is 13.0 Å². The predicted octanol–water partition coefficient (Wildman–Crippen LogP) is 3.90. The van der Waals surface area contributed by atoms with E-state index in [-0.39, 0.29) is 24.6 Å². The minimum Gasteiger partial charge on any atom is -0.504 e. The summed E-state index contributed by atoms with van der Waals surface area (Å²) in [6.07, 6.45) is 15.8. The maximum absolute atomic E-state index is 10.3. The number of aromatic hydroxyl groups is 1. The van der Waals surface area contributed by atoms with E-state index in [9.17, 15) is 15.3 Å². The van der Waals surface area contributed by atoms with Crippen LogP contribution in [0, 0.1) is 17.9 Å². The smallest absolute Gasteiger partial charge is 0.178 e. The highest BCUT2D eigenvalue weighted by Crippen LogP contribution is 2.32. The number of hydrogen-bond acceptors (Lipinski definition) is 7. The van der Waals surface area contributed by atoms with Crippen LogP contribution in [-0.2, 0) is 6.42 Å². The first-order chi connectivity index (χ1) is 19.4. The van der Waals surface area contributed by atoms with Crippen molar-refractivity contribution in [1.82, 2.24) is 5.32 Å².